The fourth-order valence-electron chi connectivity index (χ4n) is 3.17. The monoisotopic (exact) mass is 150 g/mol. The van der Waals surface area contributed by atoms with Crippen LogP contribution in [-0.2, 0) is 0 Å². The Balaban J connectivity index is 1.98. The molecule has 0 saturated heterocycles. The fraction of sp³-hybridized carbons (Fsp3) is 0.800. The standard InChI is InChI=1S/C10H14O/c11-9-5-7-3-1-2-4-10(7)6-8(9)10/h5,8-9,11H,1-4,6H2. The molecule has 0 aromatic carbocycles. The maximum atomic E-state index is 9.59. The van der Waals surface area contributed by atoms with E-state index in [1.165, 1.54) is 32.1 Å². The van der Waals surface area contributed by atoms with E-state index in [0.717, 1.165) is 0 Å². The zero-order chi connectivity index (χ0) is 7.47. The summed E-state index contributed by atoms with van der Waals surface area (Å²) in [5, 5.41) is 9.59. The summed E-state index contributed by atoms with van der Waals surface area (Å²) in [4.78, 5) is 0. The third-order valence-electron chi connectivity index (χ3n) is 3.88. The van der Waals surface area contributed by atoms with Crippen LogP contribution in [0.3, 0.4) is 0 Å². The Morgan fingerprint density at radius 1 is 1.45 bits per heavy atom. The summed E-state index contributed by atoms with van der Waals surface area (Å²) >= 11 is 0. The highest BCUT2D eigenvalue weighted by molar-refractivity contribution is 5.36. The van der Waals surface area contributed by atoms with E-state index in [1.54, 1.807) is 5.57 Å². The van der Waals surface area contributed by atoms with E-state index in [-0.39, 0.29) is 6.10 Å². The van der Waals surface area contributed by atoms with E-state index in [1.807, 2.05) is 0 Å². The van der Waals surface area contributed by atoms with Crippen molar-refractivity contribution < 1.29 is 5.11 Å². The zero-order valence-corrected chi connectivity index (χ0v) is 6.71. The predicted octanol–water partition coefficient (Wildman–Crippen LogP) is 1.87. The molecule has 1 N–H and O–H groups in total. The quantitative estimate of drug-likeness (QED) is 0.523. The summed E-state index contributed by atoms with van der Waals surface area (Å²) in [6, 6.07) is 0. The summed E-state index contributed by atoms with van der Waals surface area (Å²) in [7, 11) is 0. The molecule has 2 fully saturated rings. The molecular formula is C10H14O. The first-order valence-electron chi connectivity index (χ1n) is 4.72. The number of hydrogen-bond donors (Lipinski definition) is 1. The lowest BCUT2D eigenvalue weighted by Crippen LogP contribution is -2.10. The third-order valence-corrected chi connectivity index (χ3v) is 3.88. The molecule has 0 amide bonds. The Morgan fingerprint density at radius 2 is 2.36 bits per heavy atom. The Morgan fingerprint density at radius 3 is 3.09 bits per heavy atom. The van der Waals surface area contributed by atoms with Gasteiger partial charge >= 0.3 is 0 Å². The van der Waals surface area contributed by atoms with Crippen molar-refractivity contribution in [2.24, 2.45) is 11.3 Å². The van der Waals surface area contributed by atoms with Crippen LogP contribution >= 0.6 is 0 Å². The highest BCUT2D eigenvalue weighted by atomic mass is 16.3. The van der Waals surface area contributed by atoms with Crippen LogP contribution in [0, 0.1) is 11.3 Å². The van der Waals surface area contributed by atoms with Gasteiger partial charge in [-0.2, -0.15) is 0 Å². The molecule has 60 valence electrons. The predicted molar refractivity (Wildman–Crippen MR) is 43.1 cm³/mol. The second-order valence-electron chi connectivity index (χ2n) is 4.36. The van der Waals surface area contributed by atoms with Crippen molar-refractivity contribution in [1.29, 1.82) is 0 Å². The summed E-state index contributed by atoms with van der Waals surface area (Å²) < 4.78 is 0. The van der Waals surface area contributed by atoms with Crippen molar-refractivity contribution in [2.45, 2.75) is 38.2 Å². The van der Waals surface area contributed by atoms with Crippen molar-refractivity contribution >= 4 is 0 Å². The molecule has 11 heavy (non-hydrogen) atoms. The molecule has 0 aromatic rings. The molecule has 3 aliphatic carbocycles. The molecule has 0 heterocycles. The normalized spacial score (nSPS) is 53.0. The summed E-state index contributed by atoms with van der Waals surface area (Å²) in [5.74, 6) is 0.637. The minimum absolute atomic E-state index is 0.0805. The maximum Gasteiger partial charge on any atom is 0.0760 e. The van der Waals surface area contributed by atoms with Gasteiger partial charge in [0.1, 0.15) is 0 Å². The van der Waals surface area contributed by atoms with Gasteiger partial charge in [0.15, 0.2) is 0 Å². The maximum absolute atomic E-state index is 9.59. The molecule has 1 nitrogen and oxygen atoms in total. The highest BCUT2D eigenvalue weighted by Gasteiger charge is 2.62. The lowest BCUT2D eigenvalue weighted by atomic mass is 9.82. The molecule has 0 bridgehead atoms. The molecule has 3 atom stereocenters. The van der Waals surface area contributed by atoms with Crippen molar-refractivity contribution in [3.8, 4) is 0 Å². The van der Waals surface area contributed by atoms with E-state index < -0.39 is 0 Å². The van der Waals surface area contributed by atoms with Gasteiger partial charge in [0.05, 0.1) is 6.10 Å². The van der Waals surface area contributed by atoms with Crippen LogP contribution < -0.4 is 0 Å². The van der Waals surface area contributed by atoms with E-state index >= 15 is 0 Å². The van der Waals surface area contributed by atoms with Gasteiger partial charge in [-0.05, 0) is 37.0 Å². The topological polar surface area (TPSA) is 20.2 Å². The number of aliphatic hydroxyl groups excluding tert-OH is 1. The van der Waals surface area contributed by atoms with Gasteiger partial charge in [-0.3, -0.25) is 0 Å². The largest absolute Gasteiger partial charge is 0.389 e. The van der Waals surface area contributed by atoms with Gasteiger partial charge in [0, 0.05) is 0 Å². The SMILES string of the molecule is OC1C=C2CCCCC23CC13. The molecule has 3 unspecified atom stereocenters. The summed E-state index contributed by atoms with van der Waals surface area (Å²) in [5.41, 5.74) is 2.14. The third kappa shape index (κ3) is 0.610. The molecule has 1 heteroatoms. The smallest absolute Gasteiger partial charge is 0.0760 e. The lowest BCUT2D eigenvalue weighted by Gasteiger charge is -2.22. The molecule has 2 saturated carbocycles. The van der Waals surface area contributed by atoms with Gasteiger partial charge in [0.2, 0.25) is 0 Å². The van der Waals surface area contributed by atoms with Crippen LogP contribution in [0.1, 0.15) is 32.1 Å². The molecule has 0 radical (unpaired) electrons. The summed E-state index contributed by atoms with van der Waals surface area (Å²) in [6.45, 7) is 0. The van der Waals surface area contributed by atoms with E-state index in [9.17, 15) is 5.11 Å². The Labute approximate surface area is 67.1 Å². The highest BCUT2D eigenvalue weighted by Crippen LogP contribution is 2.68. The van der Waals surface area contributed by atoms with Crippen LogP contribution in [0.4, 0.5) is 0 Å². The van der Waals surface area contributed by atoms with Gasteiger partial charge in [0.25, 0.3) is 0 Å². The average Bonchev–Trinajstić information content (AvgIpc) is 2.65. The van der Waals surface area contributed by atoms with E-state index in [2.05, 4.69) is 6.08 Å². The second kappa shape index (κ2) is 1.71. The molecule has 0 aliphatic heterocycles. The minimum Gasteiger partial charge on any atom is -0.389 e. The zero-order valence-electron chi connectivity index (χ0n) is 6.71. The molecule has 3 aliphatic rings. The van der Waals surface area contributed by atoms with Crippen molar-refractivity contribution in [2.75, 3.05) is 0 Å². The lowest BCUT2D eigenvalue weighted by molar-refractivity contribution is 0.193. The van der Waals surface area contributed by atoms with Gasteiger partial charge in [-0.15, -0.1) is 0 Å². The van der Waals surface area contributed by atoms with Crippen LogP contribution in [-0.4, -0.2) is 11.2 Å². The first kappa shape index (κ1) is 6.24. The van der Waals surface area contributed by atoms with Crippen molar-refractivity contribution in [3.63, 3.8) is 0 Å². The average molecular weight is 150 g/mol. The number of aliphatic hydroxyl groups is 1. The fourth-order valence-corrected chi connectivity index (χ4v) is 3.17. The van der Waals surface area contributed by atoms with Gasteiger partial charge in [-0.1, -0.05) is 18.1 Å². The Kier molecular flexibility index (Phi) is 0.972. The molecule has 0 aromatic heterocycles. The van der Waals surface area contributed by atoms with Crippen molar-refractivity contribution in [3.05, 3.63) is 11.6 Å². The Bertz CT molecular complexity index is 231. The molecule has 1 spiro atoms. The summed E-state index contributed by atoms with van der Waals surface area (Å²) in [6.07, 6.45) is 8.72. The number of allylic oxidation sites excluding steroid dienone is 1. The first-order chi connectivity index (χ1) is 5.33. The van der Waals surface area contributed by atoms with E-state index in [0.29, 0.717) is 11.3 Å². The van der Waals surface area contributed by atoms with Gasteiger partial charge in [-0.25, -0.2) is 0 Å². The van der Waals surface area contributed by atoms with Crippen LogP contribution in [0.15, 0.2) is 11.6 Å². The first-order valence-corrected chi connectivity index (χ1v) is 4.72. The number of rotatable bonds is 0. The molecular weight excluding hydrogens is 136 g/mol. The van der Waals surface area contributed by atoms with Crippen LogP contribution in [0.5, 0.6) is 0 Å². The van der Waals surface area contributed by atoms with Crippen LogP contribution in [0.2, 0.25) is 0 Å². The second-order valence-corrected chi connectivity index (χ2v) is 4.36. The van der Waals surface area contributed by atoms with Crippen LogP contribution in [0.25, 0.3) is 0 Å². The molecule has 3 rings (SSSR count). The van der Waals surface area contributed by atoms with E-state index in [4.69, 9.17) is 0 Å². The van der Waals surface area contributed by atoms with Crippen molar-refractivity contribution in [1.82, 2.24) is 0 Å². The number of hydrogen-bond acceptors (Lipinski definition) is 1. The van der Waals surface area contributed by atoms with Gasteiger partial charge < -0.3 is 5.11 Å². The Hall–Kier alpha value is -0.300. The minimum atomic E-state index is -0.0805.